The van der Waals surface area contributed by atoms with Crippen molar-refractivity contribution in [2.45, 2.75) is 13.8 Å². The number of aryl methyl sites for hydroxylation is 2. The second kappa shape index (κ2) is 19.1. The summed E-state index contributed by atoms with van der Waals surface area (Å²) in [5.41, 5.74) is 21.1. The maximum atomic E-state index is 2.32. The van der Waals surface area contributed by atoms with Gasteiger partial charge >= 0.3 is 0 Å². The smallest absolute Gasteiger partial charge is 0.0462 e. The Bertz CT molecular complexity index is 2930. The SMILES string of the molecule is Cc1ccc(N(c2ccc(-c3ccccc3)cc2)c2ccc(-c3ccc(/C=C/c4ccc(-c5ccc(N(c6ccc(C)cc6)c6ccc(-c7ccccc7)cc6)cc5)cc4)cc3)cc2)cc1. The van der Waals surface area contributed by atoms with E-state index in [1.807, 2.05) is 0 Å². The molecule has 2 heteroatoms. The van der Waals surface area contributed by atoms with Crippen LogP contribution >= 0.6 is 0 Å². The van der Waals surface area contributed by atoms with Gasteiger partial charge in [0.2, 0.25) is 0 Å². The predicted molar refractivity (Wildman–Crippen MR) is 282 cm³/mol. The molecule has 0 unspecified atom stereocenters. The minimum Gasteiger partial charge on any atom is -0.311 e. The summed E-state index contributed by atoms with van der Waals surface area (Å²) in [6.07, 6.45) is 4.37. The van der Waals surface area contributed by atoms with E-state index in [1.54, 1.807) is 0 Å². The third kappa shape index (κ3) is 9.40. The van der Waals surface area contributed by atoms with Gasteiger partial charge in [-0.3, -0.25) is 0 Å². The van der Waals surface area contributed by atoms with Gasteiger partial charge in [0.15, 0.2) is 0 Å². The fourth-order valence-electron chi connectivity index (χ4n) is 8.52. The Balaban J connectivity index is 0.814. The molecule has 10 aromatic carbocycles. The Kier molecular flexibility index (Phi) is 12.0. The number of hydrogen-bond acceptors (Lipinski definition) is 2. The molecule has 66 heavy (non-hydrogen) atoms. The van der Waals surface area contributed by atoms with Gasteiger partial charge in [-0.2, -0.15) is 0 Å². The fourth-order valence-corrected chi connectivity index (χ4v) is 8.52. The van der Waals surface area contributed by atoms with Crippen LogP contribution in [0, 0.1) is 13.8 Å². The molecule has 0 spiro atoms. The Morgan fingerprint density at radius 2 is 0.409 bits per heavy atom. The molecule has 0 aliphatic heterocycles. The van der Waals surface area contributed by atoms with Crippen molar-refractivity contribution in [2.75, 3.05) is 9.80 Å². The molecule has 0 aliphatic rings. The van der Waals surface area contributed by atoms with Crippen molar-refractivity contribution >= 4 is 46.3 Å². The van der Waals surface area contributed by atoms with Crippen molar-refractivity contribution in [3.8, 4) is 44.5 Å². The van der Waals surface area contributed by atoms with Crippen LogP contribution in [0.15, 0.2) is 255 Å². The summed E-state index contributed by atoms with van der Waals surface area (Å²) in [7, 11) is 0. The monoisotopic (exact) mass is 846 g/mol. The quantitative estimate of drug-likeness (QED) is 0.113. The van der Waals surface area contributed by atoms with Crippen LogP contribution in [0.1, 0.15) is 22.3 Å². The molecule has 0 aliphatic carbocycles. The van der Waals surface area contributed by atoms with Crippen molar-refractivity contribution in [3.63, 3.8) is 0 Å². The average Bonchev–Trinajstić information content (AvgIpc) is 3.39. The van der Waals surface area contributed by atoms with Gasteiger partial charge in [-0.25, -0.2) is 0 Å². The van der Waals surface area contributed by atoms with E-state index in [2.05, 4.69) is 291 Å². The van der Waals surface area contributed by atoms with Crippen molar-refractivity contribution in [3.05, 3.63) is 277 Å². The molecule has 0 saturated heterocycles. The first-order valence-corrected chi connectivity index (χ1v) is 22.6. The number of benzene rings is 10. The number of rotatable bonds is 12. The lowest BCUT2D eigenvalue weighted by Gasteiger charge is -2.26. The molecular formula is C64H50N2. The third-order valence-electron chi connectivity index (χ3n) is 12.3. The first-order valence-electron chi connectivity index (χ1n) is 22.6. The summed E-state index contributed by atoms with van der Waals surface area (Å²) in [4.78, 5) is 4.64. The van der Waals surface area contributed by atoms with Gasteiger partial charge in [-0.1, -0.05) is 205 Å². The number of anilines is 6. The lowest BCUT2D eigenvalue weighted by atomic mass is 10.0. The van der Waals surface area contributed by atoms with E-state index in [0.29, 0.717) is 0 Å². The summed E-state index contributed by atoms with van der Waals surface area (Å²) in [6, 6.07) is 91.6. The second-order valence-electron chi connectivity index (χ2n) is 16.8. The van der Waals surface area contributed by atoms with Crippen molar-refractivity contribution in [1.82, 2.24) is 0 Å². The van der Waals surface area contributed by atoms with E-state index in [4.69, 9.17) is 0 Å². The number of hydrogen-bond donors (Lipinski definition) is 0. The van der Waals surface area contributed by atoms with E-state index < -0.39 is 0 Å². The molecule has 0 N–H and O–H groups in total. The lowest BCUT2D eigenvalue weighted by molar-refractivity contribution is 1.27. The molecule has 10 aromatic rings. The van der Waals surface area contributed by atoms with E-state index >= 15 is 0 Å². The molecule has 0 heterocycles. The van der Waals surface area contributed by atoms with E-state index in [9.17, 15) is 0 Å². The van der Waals surface area contributed by atoms with Crippen LogP contribution in [0.2, 0.25) is 0 Å². The lowest BCUT2D eigenvalue weighted by Crippen LogP contribution is -2.09. The molecule has 0 bridgehead atoms. The topological polar surface area (TPSA) is 6.48 Å². The molecule has 2 nitrogen and oxygen atoms in total. The molecule has 0 saturated carbocycles. The third-order valence-corrected chi connectivity index (χ3v) is 12.3. The highest BCUT2D eigenvalue weighted by atomic mass is 15.1. The van der Waals surface area contributed by atoms with Crippen LogP contribution in [0.5, 0.6) is 0 Å². The summed E-state index contributed by atoms with van der Waals surface area (Å²) in [5.74, 6) is 0. The summed E-state index contributed by atoms with van der Waals surface area (Å²) < 4.78 is 0. The zero-order valence-electron chi connectivity index (χ0n) is 37.3. The first-order chi connectivity index (χ1) is 32.5. The van der Waals surface area contributed by atoms with Crippen LogP contribution in [0.4, 0.5) is 34.1 Å². The molecule has 316 valence electrons. The van der Waals surface area contributed by atoms with E-state index in [0.717, 1.165) is 45.3 Å². The van der Waals surface area contributed by atoms with Crippen LogP contribution in [-0.2, 0) is 0 Å². The van der Waals surface area contributed by atoms with E-state index in [-0.39, 0.29) is 0 Å². The van der Waals surface area contributed by atoms with Crippen molar-refractivity contribution < 1.29 is 0 Å². The Hall–Kier alpha value is -8.46. The van der Waals surface area contributed by atoms with Crippen molar-refractivity contribution in [1.29, 1.82) is 0 Å². The molecule has 10 rings (SSSR count). The van der Waals surface area contributed by atoms with Gasteiger partial charge < -0.3 is 9.80 Å². The van der Waals surface area contributed by atoms with Gasteiger partial charge in [0.25, 0.3) is 0 Å². The first kappa shape index (κ1) is 41.5. The zero-order valence-corrected chi connectivity index (χ0v) is 37.3. The fraction of sp³-hybridized carbons (Fsp3) is 0.0312. The molecular weight excluding hydrogens is 797 g/mol. The van der Waals surface area contributed by atoms with Crippen LogP contribution < -0.4 is 9.80 Å². The maximum Gasteiger partial charge on any atom is 0.0462 e. The van der Waals surface area contributed by atoms with E-state index in [1.165, 1.54) is 55.6 Å². The Morgan fingerprint density at radius 3 is 0.652 bits per heavy atom. The standard InChI is InChI=1S/C64H50N2/c1-47-13-35-59(36-14-47)65(61-39-27-55(28-40-61)51-9-5-3-6-10-51)63-43-31-57(32-44-63)53-23-19-49(20-24-53)17-18-50-21-25-54(26-22-50)58-33-45-64(46-34-58)66(60-37-15-48(2)16-38-60)62-41-29-56(30-42-62)52-11-7-4-8-12-52/h3-46H,1-2H3/b18-17+. The Labute approximate surface area is 389 Å². The minimum atomic E-state index is 1.11. The highest BCUT2D eigenvalue weighted by Gasteiger charge is 2.15. The van der Waals surface area contributed by atoms with Crippen LogP contribution in [0.3, 0.4) is 0 Å². The van der Waals surface area contributed by atoms with Crippen LogP contribution in [0.25, 0.3) is 56.7 Å². The maximum absolute atomic E-state index is 2.32. The molecule has 0 radical (unpaired) electrons. The van der Waals surface area contributed by atoms with Gasteiger partial charge in [-0.05, 0) is 142 Å². The molecule has 0 fully saturated rings. The van der Waals surface area contributed by atoms with Crippen molar-refractivity contribution in [2.24, 2.45) is 0 Å². The van der Waals surface area contributed by atoms with Gasteiger partial charge in [-0.15, -0.1) is 0 Å². The highest BCUT2D eigenvalue weighted by molar-refractivity contribution is 5.82. The van der Waals surface area contributed by atoms with Gasteiger partial charge in [0, 0.05) is 34.1 Å². The van der Waals surface area contributed by atoms with Gasteiger partial charge in [0.1, 0.15) is 0 Å². The molecule has 0 aromatic heterocycles. The summed E-state index contributed by atoms with van der Waals surface area (Å²) >= 11 is 0. The Morgan fingerprint density at radius 1 is 0.212 bits per heavy atom. The molecule has 0 amide bonds. The second-order valence-corrected chi connectivity index (χ2v) is 16.8. The highest BCUT2D eigenvalue weighted by Crippen LogP contribution is 2.39. The van der Waals surface area contributed by atoms with Crippen LogP contribution in [-0.4, -0.2) is 0 Å². The molecule has 0 atom stereocenters. The largest absolute Gasteiger partial charge is 0.311 e. The van der Waals surface area contributed by atoms with Gasteiger partial charge in [0.05, 0.1) is 0 Å². The average molecular weight is 847 g/mol. The summed E-state index contributed by atoms with van der Waals surface area (Å²) in [6.45, 7) is 4.26. The zero-order chi connectivity index (χ0) is 44.7. The number of nitrogens with zero attached hydrogens (tertiary/aromatic N) is 2. The normalized spacial score (nSPS) is 11.1. The predicted octanol–water partition coefficient (Wildman–Crippen LogP) is 18.1. The minimum absolute atomic E-state index is 1.11. The summed E-state index contributed by atoms with van der Waals surface area (Å²) in [5, 5.41) is 0.